The standard InChI is InChI=1S/C44H30S2/c1-3-15-31(16-4-1)41-27-29-43(45-41)39-25-13-11-23-37(39)35-21-9-7-19-33(35)34-20-8-10-22-36(34)38-24-12-14-26-40(38)44-30-28-42(46-44)32-17-5-2-6-18-32/h1-30H. The number of hydrogen-bond donors (Lipinski definition) is 0. The van der Waals surface area contributed by atoms with Crippen molar-refractivity contribution in [2.24, 2.45) is 0 Å². The van der Waals surface area contributed by atoms with Crippen LogP contribution in [0.4, 0.5) is 0 Å². The molecule has 8 aromatic rings. The first kappa shape index (κ1) is 28.2. The smallest absolute Gasteiger partial charge is 0.0355 e. The zero-order chi connectivity index (χ0) is 30.7. The molecule has 0 aliphatic heterocycles. The fourth-order valence-corrected chi connectivity index (χ4v) is 8.35. The molecule has 0 amide bonds. The van der Waals surface area contributed by atoms with Crippen LogP contribution in [0.3, 0.4) is 0 Å². The Morgan fingerprint density at radius 1 is 0.196 bits per heavy atom. The van der Waals surface area contributed by atoms with E-state index in [1.165, 1.54) is 75.1 Å². The van der Waals surface area contributed by atoms with E-state index in [1.54, 1.807) is 0 Å². The van der Waals surface area contributed by atoms with Crippen molar-refractivity contribution in [3.05, 3.63) is 182 Å². The van der Waals surface area contributed by atoms with Crippen molar-refractivity contribution in [1.82, 2.24) is 0 Å². The van der Waals surface area contributed by atoms with Crippen LogP contribution >= 0.6 is 22.7 Å². The predicted octanol–water partition coefficient (Wildman–Crippen LogP) is 13.5. The Balaban J connectivity index is 1.24. The summed E-state index contributed by atoms with van der Waals surface area (Å²) in [5, 5.41) is 0. The van der Waals surface area contributed by atoms with Gasteiger partial charge in [-0.3, -0.25) is 0 Å². The van der Waals surface area contributed by atoms with Crippen LogP contribution in [0, 0.1) is 0 Å². The maximum atomic E-state index is 2.27. The van der Waals surface area contributed by atoms with E-state index >= 15 is 0 Å². The molecule has 0 aliphatic rings. The third-order valence-electron chi connectivity index (χ3n) is 8.44. The average Bonchev–Trinajstić information content (AvgIpc) is 3.84. The summed E-state index contributed by atoms with van der Waals surface area (Å²) >= 11 is 3.70. The van der Waals surface area contributed by atoms with Crippen LogP contribution in [-0.2, 0) is 0 Å². The van der Waals surface area contributed by atoms with E-state index in [1.807, 2.05) is 22.7 Å². The van der Waals surface area contributed by atoms with Crippen LogP contribution in [-0.4, -0.2) is 0 Å². The summed E-state index contributed by atoms with van der Waals surface area (Å²) in [6, 6.07) is 65.7. The highest BCUT2D eigenvalue weighted by atomic mass is 32.1. The Morgan fingerprint density at radius 3 is 0.761 bits per heavy atom. The third kappa shape index (κ3) is 5.43. The SMILES string of the molecule is c1ccc(-c2ccc(-c3ccccc3-c3ccccc3-c3ccccc3-c3ccccc3-c3ccc(-c4ccccc4)s3)s2)cc1. The number of rotatable bonds is 7. The second-order valence-electron chi connectivity index (χ2n) is 11.2. The van der Waals surface area contributed by atoms with Crippen molar-refractivity contribution in [2.45, 2.75) is 0 Å². The van der Waals surface area contributed by atoms with Gasteiger partial charge in [0.15, 0.2) is 0 Å². The number of hydrogen-bond acceptors (Lipinski definition) is 2. The zero-order valence-corrected chi connectivity index (χ0v) is 26.8. The molecule has 0 spiro atoms. The van der Waals surface area contributed by atoms with E-state index < -0.39 is 0 Å². The van der Waals surface area contributed by atoms with Gasteiger partial charge in [0.1, 0.15) is 0 Å². The largest absolute Gasteiger partial charge is 0.135 e. The predicted molar refractivity (Wildman–Crippen MR) is 200 cm³/mol. The molecule has 0 unspecified atom stereocenters. The lowest BCUT2D eigenvalue weighted by molar-refractivity contribution is 1.56. The van der Waals surface area contributed by atoms with E-state index in [4.69, 9.17) is 0 Å². The minimum atomic E-state index is 1.23. The molecular formula is C44H30S2. The van der Waals surface area contributed by atoms with Crippen molar-refractivity contribution in [2.75, 3.05) is 0 Å². The average molecular weight is 623 g/mol. The van der Waals surface area contributed by atoms with Gasteiger partial charge in [0.25, 0.3) is 0 Å². The van der Waals surface area contributed by atoms with Gasteiger partial charge in [-0.2, -0.15) is 0 Å². The molecule has 0 fully saturated rings. The minimum absolute atomic E-state index is 1.23. The van der Waals surface area contributed by atoms with Crippen LogP contribution in [0.2, 0.25) is 0 Å². The quantitative estimate of drug-likeness (QED) is 0.166. The van der Waals surface area contributed by atoms with Crippen molar-refractivity contribution < 1.29 is 0 Å². The molecule has 218 valence electrons. The van der Waals surface area contributed by atoms with Crippen LogP contribution in [0.25, 0.3) is 75.1 Å². The Bertz CT molecular complexity index is 2090. The number of thiophene rings is 2. The molecule has 2 heterocycles. The maximum Gasteiger partial charge on any atom is 0.0355 e. The molecule has 0 atom stereocenters. The highest BCUT2D eigenvalue weighted by Crippen LogP contribution is 2.46. The summed E-state index contributed by atoms with van der Waals surface area (Å²) < 4.78 is 0. The highest BCUT2D eigenvalue weighted by molar-refractivity contribution is 7.19. The Kier molecular flexibility index (Phi) is 7.73. The fourth-order valence-electron chi connectivity index (χ4n) is 6.25. The summed E-state index contributed by atoms with van der Waals surface area (Å²) in [5.41, 5.74) is 12.4. The Hall–Kier alpha value is -5.28. The van der Waals surface area contributed by atoms with Gasteiger partial charge in [-0.1, -0.05) is 158 Å². The van der Waals surface area contributed by atoms with Crippen molar-refractivity contribution in [3.63, 3.8) is 0 Å². The summed E-state index contributed by atoms with van der Waals surface area (Å²) in [4.78, 5) is 5.11. The molecule has 0 radical (unpaired) electrons. The summed E-state index contributed by atoms with van der Waals surface area (Å²) in [5.74, 6) is 0. The van der Waals surface area contributed by atoms with E-state index in [-0.39, 0.29) is 0 Å². The molecule has 0 bridgehead atoms. The van der Waals surface area contributed by atoms with Gasteiger partial charge in [-0.25, -0.2) is 0 Å². The monoisotopic (exact) mass is 622 g/mol. The van der Waals surface area contributed by atoms with Crippen LogP contribution in [0.15, 0.2) is 182 Å². The van der Waals surface area contributed by atoms with E-state index in [2.05, 4.69) is 182 Å². The van der Waals surface area contributed by atoms with E-state index in [0.29, 0.717) is 0 Å². The lowest BCUT2D eigenvalue weighted by Gasteiger charge is -2.18. The summed E-state index contributed by atoms with van der Waals surface area (Å²) in [6.45, 7) is 0. The first-order chi connectivity index (χ1) is 22.8. The second-order valence-corrected chi connectivity index (χ2v) is 13.4. The second kappa shape index (κ2) is 12.6. The van der Waals surface area contributed by atoms with Crippen molar-refractivity contribution in [3.8, 4) is 75.1 Å². The molecule has 46 heavy (non-hydrogen) atoms. The molecule has 0 aliphatic carbocycles. The summed E-state index contributed by atoms with van der Waals surface area (Å²) in [7, 11) is 0. The first-order valence-electron chi connectivity index (χ1n) is 15.5. The molecule has 8 rings (SSSR count). The molecule has 2 aromatic heterocycles. The van der Waals surface area contributed by atoms with Crippen LogP contribution < -0.4 is 0 Å². The minimum Gasteiger partial charge on any atom is -0.135 e. The van der Waals surface area contributed by atoms with Gasteiger partial charge in [-0.05, 0) is 79.9 Å². The lowest BCUT2D eigenvalue weighted by atomic mass is 9.86. The first-order valence-corrected chi connectivity index (χ1v) is 17.2. The Labute approximate surface area is 278 Å². The van der Waals surface area contributed by atoms with Gasteiger partial charge < -0.3 is 0 Å². The molecular weight excluding hydrogens is 593 g/mol. The third-order valence-corrected chi connectivity index (χ3v) is 10.8. The highest BCUT2D eigenvalue weighted by Gasteiger charge is 2.18. The van der Waals surface area contributed by atoms with E-state index in [9.17, 15) is 0 Å². The van der Waals surface area contributed by atoms with Gasteiger partial charge in [0.05, 0.1) is 0 Å². The molecule has 0 saturated carbocycles. The van der Waals surface area contributed by atoms with Gasteiger partial charge in [0.2, 0.25) is 0 Å². The van der Waals surface area contributed by atoms with E-state index in [0.717, 1.165) is 0 Å². The summed E-state index contributed by atoms with van der Waals surface area (Å²) in [6.07, 6.45) is 0. The molecule has 6 aromatic carbocycles. The fraction of sp³-hybridized carbons (Fsp3) is 0. The van der Waals surface area contributed by atoms with Crippen LogP contribution in [0.5, 0.6) is 0 Å². The lowest BCUT2D eigenvalue weighted by Crippen LogP contribution is -1.91. The number of benzene rings is 6. The van der Waals surface area contributed by atoms with Crippen molar-refractivity contribution in [1.29, 1.82) is 0 Å². The zero-order valence-electron chi connectivity index (χ0n) is 25.1. The maximum absolute atomic E-state index is 2.27. The van der Waals surface area contributed by atoms with Crippen LogP contribution in [0.1, 0.15) is 0 Å². The molecule has 2 heteroatoms. The topological polar surface area (TPSA) is 0 Å². The van der Waals surface area contributed by atoms with Crippen molar-refractivity contribution >= 4 is 22.7 Å². The van der Waals surface area contributed by atoms with Gasteiger partial charge in [0, 0.05) is 19.5 Å². The van der Waals surface area contributed by atoms with Gasteiger partial charge in [-0.15, -0.1) is 22.7 Å². The normalized spacial score (nSPS) is 11.0. The molecule has 0 N–H and O–H groups in total. The molecule has 0 nitrogen and oxygen atoms in total. The Morgan fingerprint density at radius 2 is 0.435 bits per heavy atom. The van der Waals surface area contributed by atoms with Gasteiger partial charge >= 0.3 is 0 Å². The molecule has 0 saturated heterocycles.